The van der Waals surface area contributed by atoms with E-state index in [4.69, 9.17) is 5.73 Å². The van der Waals surface area contributed by atoms with Crippen molar-refractivity contribution in [1.82, 2.24) is 0 Å². The van der Waals surface area contributed by atoms with E-state index >= 15 is 0 Å². The van der Waals surface area contributed by atoms with Crippen LogP contribution in [0.1, 0.15) is 12.0 Å². The zero-order valence-electron chi connectivity index (χ0n) is 10.1. The average Bonchev–Trinajstić information content (AvgIpc) is 2.41. The predicted octanol–water partition coefficient (Wildman–Crippen LogP) is 1.90. The quantitative estimate of drug-likeness (QED) is 0.846. The molecule has 0 spiro atoms. The third-order valence-electron chi connectivity index (χ3n) is 3.04. The summed E-state index contributed by atoms with van der Waals surface area (Å²) in [6.45, 7) is -0.833. The minimum atomic E-state index is -3.15. The highest BCUT2D eigenvalue weighted by Crippen LogP contribution is 2.32. The molecule has 0 saturated heterocycles. The van der Waals surface area contributed by atoms with Crippen molar-refractivity contribution in [2.45, 2.75) is 24.5 Å². The van der Waals surface area contributed by atoms with Crippen LogP contribution < -0.4 is 10.6 Å². The van der Waals surface area contributed by atoms with Crippen LogP contribution in [0.5, 0.6) is 0 Å². The molecular formula is C12H14F3N2OP. The number of carbonyl (C=O) groups excluding carboxylic acids is 1. The number of halogens is 3. The highest BCUT2D eigenvalue weighted by atomic mass is 31.0. The Kier molecular flexibility index (Phi) is 3.83. The van der Waals surface area contributed by atoms with Gasteiger partial charge in [0.1, 0.15) is 5.82 Å². The van der Waals surface area contributed by atoms with Crippen molar-refractivity contribution in [2.24, 2.45) is 5.73 Å². The number of anilines is 1. The second kappa shape index (κ2) is 5.10. The first-order valence-corrected chi connectivity index (χ1v) is 6.38. The molecule has 7 heteroatoms. The topological polar surface area (TPSA) is 46.3 Å². The molecule has 1 amide bonds. The van der Waals surface area contributed by atoms with E-state index in [1.54, 1.807) is 0 Å². The second-order valence-corrected chi connectivity index (χ2v) is 5.41. The first-order chi connectivity index (χ1) is 8.79. The van der Waals surface area contributed by atoms with Crippen LogP contribution in [0.2, 0.25) is 0 Å². The minimum Gasteiger partial charge on any atom is -0.320 e. The number of fused-ring (bicyclic) bond motifs is 1. The average molecular weight is 290 g/mol. The summed E-state index contributed by atoms with van der Waals surface area (Å²) >= 11 is 0. The van der Waals surface area contributed by atoms with E-state index in [9.17, 15) is 18.0 Å². The molecule has 0 aliphatic carbocycles. The fourth-order valence-electron chi connectivity index (χ4n) is 2.16. The molecule has 1 aliphatic heterocycles. The van der Waals surface area contributed by atoms with E-state index in [2.05, 4.69) is 0 Å². The molecule has 0 fully saturated rings. The van der Waals surface area contributed by atoms with Crippen molar-refractivity contribution in [2.75, 3.05) is 11.4 Å². The smallest absolute Gasteiger partial charge is 0.276 e. The molecule has 1 heterocycles. The fraction of sp³-hybridized carbons (Fsp3) is 0.417. The number of benzene rings is 1. The monoisotopic (exact) mass is 290 g/mol. The highest BCUT2D eigenvalue weighted by molar-refractivity contribution is 7.18. The predicted molar refractivity (Wildman–Crippen MR) is 69.7 cm³/mol. The van der Waals surface area contributed by atoms with Gasteiger partial charge in [-0.2, -0.15) is 0 Å². The van der Waals surface area contributed by atoms with Gasteiger partial charge in [0.15, 0.2) is 0 Å². The van der Waals surface area contributed by atoms with Crippen molar-refractivity contribution in [3.05, 3.63) is 29.6 Å². The minimum absolute atomic E-state index is 0.181. The van der Waals surface area contributed by atoms with Gasteiger partial charge in [0.2, 0.25) is 5.91 Å². The van der Waals surface area contributed by atoms with Crippen LogP contribution in [-0.4, -0.2) is 24.2 Å². The summed E-state index contributed by atoms with van der Waals surface area (Å²) in [5, 5.41) is 0. The summed E-state index contributed by atoms with van der Waals surface area (Å²) in [6, 6.07) is 3.22. The van der Waals surface area contributed by atoms with Gasteiger partial charge in [-0.1, -0.05) is 15.3 Å². The van der Waals surface area contributed by atoms with Gasteiger partial charge < -0.3 is 10.6 Å². The lowest BCUT2D eigenvalue weighted by Crippen LogP contribution is -2.46. The maximum atomic E-state index is 13.7. The van der Waals surface area contributed by atoms with Crippen LogP contribution in [-0.2, 0) is 11.2 Å². The van der Waals surface area contributed by atoms with Crippen molar-refractivity contribution in [1.29, 1.82) is 0 Å². The number of hydrogen-bond donors (Lipinski definition) is 1. The van der Waals surface area contributed by atoms with E-state index in [-0.39, 0.29) is 24.1 Å². The Labute approximate surface area is 111 Å². The van der Waals surface area contributed by atoms with Crippen molar-refractivity contribution in [3.8, 4) is 0 Å². The Hall–Kier alpha value is -1.13. The van der Waals surface area contributed by atoms with E-state index in [0.717, 1.165) is 4.90 Å². The second-order valence-electron chi connectivity index (χ2n) is 4.57. The standard InChI is InChI=1S/C12H14F3N2OP/c13-8-2-1-3-10-7(8)4-5-9(16)11(18)17(10)6-12(14,15)19/h1-3,9H,4-6,16,19H2. The number of carbonyl (C=O) groups is 1. The van der Waals surface area contributed by atoms with Crippen LogP contribution in [0.4, 0.5) is 18.9 Å². The largest absolute Gasteiger partial charge is 0.320 e. The Morgan fingerprint density at radius 1 is 1.47 bits per heavy atom. The number of rotatable bonds is 2. The number of nitrogens with two attached hydrogens (primary N) is 1. The molecular weight excluding hydrogens is 276 g/mol. The normalized spacial score (nSPS) is 20.2. The molecule has 0 radical (unpaired) electrons. The van der Waals surface area contributed by atoms with Gasteiger partial charge in [-0.25, -0.2) is 13.2 Å². The van der Waals surface area contributed by atoms with E-state index in [1.165, 1.54) is 27.4 Å². The van der Waals surface area contributed by atoms with E-state index < -0.39 is 30.0 Å². The van der Waals surface area contributed by atoms with Gasteiger partial charge in [0.05, 0.1) is 18.3 Å². The Morgan fingerprint density at radius 3 is 2.79 bits per heavy atom. The van der Waals surface area contributed by atoms with Crippen LogP contribution >= 0.6 is 9.24 Å². The van der Waals surface area contributed by atoms with Crippen LogP contribution in [0.15, 0.2) is 18.2 Å². The lowest BCUT2D eigenvalue weighted by Gasteiger charge is -2.27. The summed E-state index contributed by atoms with van der Waals surface area (Å²) in [7, 11) is 1.37. The number of amides is 1. The fourth-order valence-corrected chi connectivity index (χ4v) is 2.35. The van der Waals surface area contributed by atoms with Crippen LogP contribution in [0.25, 0.3) is 0 Å². The molecule has 0 aromatic heterocycles. The van der Waals surface area contributed by atoms with E-state index in [1.807, 2.05) is 0 Å². The molecule has 1 aromatic carbocycles. The number of alkyl halides is 2. The zero-order chi connectivity index (χ0) is 14.2. The first kappa shape index (κ1) is 14.3. The lowest BCUT2D eigenvalue weighted by atomic mass is 10.1. The molecule has 0 bridgehead atoms. The number of hydrogen-bond acceptors (Lipinski definition) is 2. The summed E-state index contributed by atoms with van der Waals surface area (Å²) < 4.78 is 40.1. The van der Waals surface area contributed by atoms with Gasteiger partial charge in [-0.05, 0) is 25.0 Å². The SMILES string of the molecule is NC1CCc2c(F)cccc2N(CC(F)(F)P)C1=O. The van der Waals surface area contributed by atoms with Crippen LogP contribution in [0.3, 0.4) is 0 Å². The molecule has 2 atom stereocenters. The van der Waals surface area contributed by atoms with Crippen molar-refractivity contribution >= 4 is 20.8 Å². The molecule has 1 aliphatic rings. The Morgan fingerprint density at radius 2 is 2.16 bits per heavy atom. The molecule has 2 rings (SSSR count). The van der Waals surface area contributed by atoms with Gasteiger partial charge in [0.25, 0.3) is 5.66 Å². The summed E-state index contributed by atoms with van der Waals surface area (Å²) in [5.74, 6) is -1.11. The summed E-state index contributed by atoms with van der Waals surface area (Å²) in [4.78, 5) is 12.9. The van der Waals surface area contributed by atoms with Gasteiger partial charge >= 0.3 is 0 Å². The van der Waals surface area contributed by atoms with Crippen molar-refractivity contribution < 1.29 is 18.0 Å². The van der Waals surface area contributed by atoms with Crippen molar-refractivity contribution in [3.63, 3.8) is 0 Å². The molecule has 2 unspecified atom stereocenters. The third-order valence-corrected chi connectivity index (χ3v) is 3.22. The molecule has 19 heavy (non-hydrogen) atoms. The third kappa shape index (κ3) is 3.07. The first-order valence-electron chi connectivity index (χ1n) is 5.80. The highest BCUT2D eigenvalue weighted by Gasteiger charge is 2.35. The van der Waals surface area contributed by atoms with E-state index in [0.29, 0.717) is 0 Å². The van der Waals surface area contributed by atoms with Gasteiger partial charge in [-0.15, -0.1) is 0 Å². The van der Waals surface area contributed by atoms with Gasteiger partial charge in [-0.3, -0.25) is 4.79 Å². The molecule has 104 valence electrons. The Balaban J connectivity index is 2.48. The maximum Gasteiger partial charge on any atom is 0.276 e. The van der Waals surface area contributed by atoms with Gasteiger partial charge in [0, 0.05) is 5.56 Å². The zero-order valence-corrected chi connectivity index (χ0v) is 11.2. The molecule has 3 nitrogen and oxygen atoms in total. The number of nitrogens with zero attached hydrogens (tertiary/aromatic N) is 1. The molecule has 1 aromatic rings. The maximum absolute atomic E-state index is 13.7. The molecule has 2 N–H and O–H groups in total. The summed E-state index contributed by atoms with van der Waals surface area (Å²) in [6.07, 6.45) is 0.500. The van der Waals surface area contributed by atoms with Crippen LogP contribution in [0, 0.1) is 5.82 Å². The lowest BCUT2D eigenvalue weighted by molar-refractivity contribution is -0.120. The summed E-state index contributed by atoms with van der Waals surface area (Å²) in [5.41, 5.74) is 2.94. The molecule has 0 saturated carbocycles. The Bertz CT molecular complexity index is 504.